The van der Waals surface area contributed by atoms with Crippen molar-refractivity contribution in [1.82, 2.24) is 4.98 Å². The Kier molecular flexibility index (Phi) is 3.51. The van der Waals surface area contributed by atoms with Crippen LogP contribution in [-0.4, -0.2) is 16.2 Å². The Morgan fingerprint density at radius 2 is 2.11 bits per heavy atom. The normalized spacial score (nSPS) is 9.95. The number of aldehydes is 1. The standard InChI is InChI=1S/C13H11N3O3/c1-9-3-2-4-11(16(18)19)13(9)15-12-6-5-10(8-17)7-14-12/h2-8H,1H3,(H,14,15). The fourth-order valence-corrected chi connectivity index (χ4v) is 1.64. The Morgan fingerprint density at radius 1 is 1.32 bits per heavy atom. The van der Waals surface area contributed by atoms with Crippen LogP contribution < -0.4 is 5.32 Å². The molecule has 0 aliphatic carbocycles. The van der Waals surface area contributed by atoms with E-state index in [1.54, 1.807) is 31.2 Å². The third kappa shape index (κ3) is 2.74. The number of anilines is 2. The fraction of sp³-hybridized carbons (Fsp3) is 0.0769. The number of nitrogens with zero attached hydrogens (tertiary/aromatic N) is 2. The van der Waals surface area contributed by atoms with E-state index < -0.39 is 4.92 Å². The van der Waals surface area contributed by atoms with Gasteiger partial charge in [0.25, 0.3) is 5.69 Å². The molecule has 0 amide bonds. The van der Waals surface area contributed by atoms with Crippen molar-refractivity contribution in [3.63, 3.8) is 0 Å². The number of nitrogens with one attached hydrogen (secondary N) is 1. The molecule has 1 heterocycles. The summed E-state index contributed by atoms with van der Waals surface area (Å²) >= 11 is 0. The number of nitro groups is 1. The number of carbonyl (C=O) groups excluding carboxylic acids is 1. The molecule has 2 aromatic rings. The Balaban J connectivity index is 2.36. The van der Waals surface area contributed by atoms with Crippen LogP contribution >= 0.6 is 0 Å². The maximum absolute atomic E-state index is 11.0. The smallest absolute Gasteiger partial charge is 0.292 e. The molecule has 0 atom stereocenters. The maximum Gasteiger partial charge on any atom is 0.292 e. The number of aromatic nitrogens is 1. The number of hydrogen-bond donors (Lipinski definition) is 1. The molecule has 0 aliphatic heterocycles. The molecule has 1 aromatic carbocycles. The highest BCUT2D eigenvalue weighted by Gasteiger charge is 2.15. The van der Waals surface area contributed by atoms with Gasteiger partial charge < -0.3 is 5.32 Å². The molecule has 19 heavy (non-hydrogen) atoms. The van der Waals surface area contributed by atoms with E-state index in [1.807, 2.05) is 0 Å². The van der Waals surface area contributed by atoms with Gasteiger partial charge in [0, 0.05) is 17.8 Å². The average Bonchev–Trinajstić information content (AvgIpc) is 2.41. The highest BCUT2D eigenvalue weighted by Crippen LogP contribution is 2.29. The molecule has 6 heteroatoms. The van der Waals surface area contributed by atoms with E-state index in [-0.39, 0.29) is 5.69 Å². The summed E-state index contributed by atoms with van der Waals surface area (Å²) in [7, 11) is 0. The minimum Gasteiger partial charge on any atom is -0.334 e. The van der Waals surface area contributed by atoms with Crippen LogP contribution in [0.25, 0.3) is 0 Å². The Hall–Kier alpha value is -2.76. The van der Waals surface area contributed by atoms with Crippen LogP contribution in [0, 0.1) is 17.0 Å². The summed E-state index contributed by atoms with van der Waals surface area (Å²) in [4.78, 5) is 25.1. The van der Waals surface area contributed by atoms with E-state index in [9.17, 15) is 14.9 Å². The predicted molar refractivity (Wildman–Crippen MR) is 70.7 cm³/mol. The molecule has 0 unspecified atom stereocenters. The Bertz CT molecular complexity index is 624. The molecule has 96 valence electrons. The van der Waals surface area contributed by atoms with E-state index in [1.165, 1.54) is 12.3 Å². The van der Waals surface area contributed by atoms with Crippen molar-refractivity contribution >= 4 is 23.5 Å². The highest BCUT2D eigenvalue weighted by atomic mass is 16.6. The van der Waals surface area contributed by atoms with Crippen molar-refractivity contribution in [2.45, 2.75) is 6.92 Å². The zero-order chi connectivity index (χ0) is 13.8. The molecule has 0 saturated carbocycles. The van der Waals surface area contributed by atoms with Gasteiger partial charge in [-0.25, -0.2) is 4.98 Å². The molecule has 0 spiro atoms. The number of hydrogen-bond acceptors (Lipinski definition) is 5. The molecular weight excluding hydrogens is 246 g/mol. The van der Waals surface area contributed by atoms with Gasteiger partial charge in [-0.15, -0.1) is 0 Å². The lowest BCUT2D eigenvalue weighted by molar-refractivity contribution is -0.384. The van der Waals surface area contributed by atoms with Crippen molar-refractivity contribution < 1.29 is 9.72 Å². The van der Waals surface area contributed by atoms with Gasteiger partial charge >= 0.3 is 0 Å². The summed E-state index contributed by atoms with van der Waals surface area (Å²) < 4.78 is 0. The van der Waals surface area contributed by atoms with Gasteiger partial charge in [-0.3, -0.25) is 14.9 Å². The molecule has 2 rings (SSSR count). The molecule has 1 aromatic heterocycles. The second kappa shape index (κ2) is 5.26. The Labute approximate surface area is 109 Å². The minimum atomic E-state index is -0.449. The zero-order valence-corrected chi connectivity index (χ0v) is 10.2. The second-order valence-corrected chi connectivity index (χ2v) is 3.95. The number of pyridine rings is 1. The lowest BCUT2D eigenvalue weighted by Gasteiger charge is -2.09. The van der Waals surface area contributed by atoms with E-state index in [0.29, 0.717) is 23.4 Å². The SMILES string of the molecule is Cc1cccc([N+](=O)[O-])c1Nc1ccc(C=O)cn1. The number of carbonyl (C=O) groups is 1. The van der Waals surface area contributed by atoms with E-state index in [2.05, 4.69) is 10.3 Å². The summed E-state index contributed by atoms with van der Waals surface area (Å²) in [6.07, 6.45) is 2.09. The first-order valence-electron chi connectivity index (χ1n) is 5.54. The van der Waals surface area contributed by atoms with Gasteiger partial charge in [0.2, 0.25) is 0 Å². The highest BCUT2D eigenvalue weighted by molar-refractivity contribution is 5.76. The first-order chi connectivity index (χ1) is 9.11. The molecule has 0 bridgehead atoms. The van der Waals surface area contributed by atoms with Crippen LogP contribution in [0.15, 0.2) is 36.5 Å². The molecule has 0 saturated heterocycles. The molecule has 1 N–H and O–H groups in total. The molecule has 0 fully saturated rings. The molecule has 0 aliphatic rings. The third-order valence-corrected chi connectivity index (χ3v) is 2.62. The molecular formula is C13H11N3O3. The average molecular weight is 257 g/mol. The van der Waals surface area contributed by atoms with Crippen LogP contribution in [0.1, 0.15) is 15.9 Å². The van der Waals surface area contributed by atoms with Gasteiger partial charge in [-0.05, 0) is 24.6 Å². The second-order valence-electron chi connectivity index (χ2n) is 3.95. The lowest BCUT2D eigenvalue weighted by Crippen LogP contribution is -2.00. The van der Waals surface area contributed by atoms with Crippen LogP contribution in [0.2, 0.25) is 0 Å². The monoisotopic (exact) mass is 257 g/mol. The number of benzene rings is 1. The third-order valence-electron chi connectivity index (χ3n) is 2.62. The summed E-state index contributed by atoms with van der Waals surface area (Å²) in [5.41, 5.74) is 1.58. The van der Waals surface area contributed by atoms with Crippen LogP contribution in [-0.2, 0) is 0 Å². The van der Waals surface area contributed by atoms with Crippen LogP contribution in [0.3, 0.4) is 0 Å². The van der Waals surface area contributed by atoms with Gasteiger partial charge in [0.05, 0.1) is 4.92 Å². The van der Waals surface area contributed by atoms with Gasteiger partial charge in [-0.2, -0.15) is 0 Å². The number of rotatable bonds is 4. The fourth-order valence-electron chi connectivity index (χ4n) is 1.64. The Morgan fingerprint density at radius 3 is 2.68 bits per heavy atom. The van der Waals surface area contributed by atoms with Crippen LogP contribution in [0.4, 0.5) is 17.2 Å². The summed E-state index contributed by atoms with van der Waals surface area (Å²) in [6.45, 7) is 1.77. The lowest BCUT2D eigenvalue weighted by atomic mass is 10.1. The van der Waals surface area contributed by atoms with Gasteiger partial charge in [0.15, 0.2) is 6.29 Å². The van der Waals surface area contributed by atoms with E-state index >= 15 is 0 Å². The summed E-state index contributed by atoms with van der Waals surface area (Å²) in [5.74, 6) is 0.447. The van der Waals surface area contributed by atoms with Crippen molar-refractivity contribution in [3.8, 4) is 0 Å². The number of aryl methyl sites for hydroxylation is 1. The van der Waals surface area contributed by atoms with Crippen molar-refractivity contribution in [1.29, 1.82) is 0 Å². The van der Waals surface area contributed by atoms with Gasteiger partial charge in [-0.1, -0.05) is 12.1 Å². The van der Waals surface area contributed by atoms with E-state index in [0.717, 1.165) is 5.56 Å². The maximum atomic E-state index is 11.0. The van der Waals surface area contributed by atoms with Gasteiger partial charge in [0.1, 0.15) is 11.5 Å². The summed E-state index contributed by atoms with van der Waals surface area (Å²) in [5, 5.41) is 13.9. The predicted octanol–water partition coefficient (Wildman–Crippen LogP) is 2.85. The first-order valence-corrected chi connectivity index (χ1v) is 5.54. The topological polar surface area (TPSA) is 85.1 Å². The minimum absolute atomic E-state index is 0.0127. The van der Waals surface area contributed by atoms with Crippen LogP contribution in [0.5, 0.6) is 0 Å². The van der Waals surface area contributed by atoms with Crippen molar-refractivity contribution in [2.75, 3.05) is 5.32 Å². The van der Waals surface area contributed by atoms with Crippen molar-refractivity contribution in [2.24, 2.45) is 0 Å². The van der Waals surface area contributed by atoms with Crippen molar-refractivity contribution in [3.05, 3.63) is 57.8 Å². The quantitative estimate of drug-likeness (QED) is 0.517. The first kappa shape index (κ1) is 12.7. The summed E-state index contributed by atoms with van der Waals surface area (Å²) in [6, 6.07) is 8.01. The number of nitro benzene ring substituents is 1. The largest absolute Gasteiger partial charge is 0.334 e. The molecule has 0 radical (unpaired) electrons. The van der Waals surface area contributed by atoms with E-state index in [4.69, 9.17) is 0 Å². The number of para-hydroxylation sites is 1. The zero-order valence-electron chi connectivity index (χ0n) is 10.2. The molecule has 6 nitrogen and oxygen atoms in total.